The smallest absolute Gasteiger partial charge is 0.417 e. The summed E-state index contributed by atoms with van der Waals surface area (Å²) in [5.41, 5.74) is 6.68. The van der Waals surface area contributed by atoms with Gasteiger partial charge < -0.3 is 15.6 Å². The average Bonchev–Trinajstić information content (AvgIpc) is 2.34. The number of alkyl halides is 3. The molecule has 0 saturated carbocycles. The van der Waals surface area contributed by atoms with Crippen molar-refractivity contribution in [3.8, 4) is 5.75 Å². The van der Waals surface area contributed by atoms with E-state index in [4.69, 9.17) is 15.6 Å². The summed E-state index contributed by atoms with van der Waals surface area (Å²) in [5, 5.41) is 8.76. The van der Waals surface area contributed by atoms with E-state index in [2.05, 4.69) is 0 Å². The van der Waals surface area contributed by atoms with Crippen LogP contribution >= 0.6 is 0 Å². The summed E-state index contributed by atoms with van der Waals surface area (Å²) in [6, 6.07) is 6.37. The summed E-state index contributed by atoms with van der Waals surface area (Å²) >= 11 is 0. The molecule has 3 N–H and O–H groups in total. The van der Waals surface area contributed by atoms with Crippen LogP contribution < -0.4 is 10.5 Å². The number of ether oxygens (including phenoxy) is 1. The summed E-state index contributed by atoms with van der Waals surface area (Å²) in [6.07, 6.45) is -6.37. The summed E-state index contributed by atoms with van der Waals surface area (Å²) in [4.78, 5) is 0. The highest BCUT2D eigenvalue weighted by Gasteiger charge is 2.38. The first-order valence-electron chi connectivity index (χ1n) is 5.57. The van der Waals surface area contributed by atoms with Crippen molar-refractivity contribution in [3.05, 3.63) is 29.8 Å². The van der Waals surface area contributed by atoms with Gasteiger partial charge in [0.2, 0.25) is 0 Å². The maximum atomic E-state index is 12.0. The second-order valence-electron chi connectivity index (χ2n) is 3.95. The minimum atomic E-state index is -4.66. The highest BCUT2D eigenvalue weighted by Crippen LogP contribution is 2.22. The lowest BCUT2D eigenvalue weighted by Gasteiger charge is -2.15. The van der Waals surface area contributed by atoms with Crippen LogP contribution in [0.4, 0.5) is 13.2 Å². The first-order valence-corrected chi connectivity index (χ1v) is 5.57. The predicted molar refractivity (Wildman–Crippen MR) is 61.2 cm³/mol. The summed E-state index contributed by atoms with van der Waals surface area (Å²) < 4.78 is 40.9. The minimum absolute atomic E-state index is 0.0974. The van der Waals surface area contributed by atoms with Crippen LogP contribution in [0.15, 0.2) is 24.3 Å². The van der Waals surface area contributed by atoms with Gasteiger partial charge in [-0.2, -0.15) is 13.2 Å². The van der Waals surface area contributed by atoms with Crippen LogP contribution in [0.3, 0.4) is 0 Å². The van der Waals surface area contributed by atoms with E-state index in [-0.39, 0.29) is 11.8 Å². The van der Waals surface area contributed by atoms with E-state index >= 15 is 0 Å². The molecule has 0 aliphatic rings. The van der Waals surface area contributed by atoms with E-state index in [1.807, 2.05) is 6.92 Å². The lowest BCUT2D eigenvalue weighted by atomic mass is 10.1. The van der Waals surface area contributed by atoms with Gasteiger partial charge in [0.1, 0.15) is 12.4 Å². The molecular weight excluding hydrogens is 247 g/mol. The molecule has 1 unspecified atom stereocenters. The van der Waals surface area contributed by atoms with E-state index < -0.39 is 18.9 Å². The Kier molecular flexibility index (Phi) is 4.98. The summed E-state index contributed by atoms with van der Waals surface area (Å²) in [7, 11) is 0. The fourth-order valence-electron chi connectivity index (χ4n) is 1.32. The molecule has 0 amide bonds. The van der Waals surface area contributed by atoms with Gasteiger partial charge in [-0.15, -0.1) is 0 Å². The number of aliphatic hydroxyl groups excluding tert-OH is 1. The molecule has 2 atom stereocenters. The number of aliphatic hydroxyl groups is 1. The van der Waals surface area contributed by atoms with E-state index in [0.29, 0.717) is 0 Å². The monoisotopic (exact) mass is 263 g/mol. The Bertz CT molecular complexity index is 365. The van der Waals surface area contributed by atoms with Gasteiger partial charge in [0.15, 0.2) is 6.10 Å². The first kappa shape index (κ1) is 14.8. The Morgan fingerprint density at radius 2 is 1.83 bits per heavy atom. The molecule has 6 heteroatoms. The van der Waals surface area contributed by atoms with Gasteiger partial charge in [0.25, 0.3) is 0 Å². The third-order valence-corrected chi connectivity index (χ3v) is 2.53. The van der Waals surface area contributed by atoms with Crippen LogP contribution in [-0.2, 0) is 0 Å². The molecule has 1 rings (SSSR count). The fraction of sp³-hybridized carbons (Fsp3) is 0.500. The molecule has 18 heavy (non-hydrogen) atoms. The molecule has 0 aliphatic heterocycles. The Morgan fingerprint density at radius 1 is 1.28 bits per heavy atom. The van der Waals surface area contributed by atoms with Gasteiger partial charge in [0, 0.05) is 6.04 Å². The summed E-state index contributed by atoms with van der Waals surface area (Å²) in [5.74, 6) is 0.269. The quantitative estimate of drug-likeness (QED) is 0.857. The Labute approximate surface area is 103 Å². The van der Waals surface area contributed by atoms with E-state index in [0.717, 1.165) is 12.0 Å². The van der Waals surface area contributed by atoms with Gasteiger partial charge in [-0.25, -0.2) is 0 Å². The SMILES string of the molecule is CC[C@H](N)c1ccc(OCC(O)C(F)(F)F)cc1. The molecule has 0 fully saturated rings. The molecule has 102 valence electrons. The van der Waals surface area contributed by atoms with Crippen molar-refractivity contribution in [1.29, 1.82) is 0 Å². The molecule has 3 nitrogen and oxygen atoms in total. The lowest BCUT2D eigenvalue weighted by molar-refractivity contribution is -0.210. The zero-order chi connectivity index (χ0) is 13.8. The van der Waals surface area contributed by atoms with Gasteiger partial charge in [-0.3, -0.25) is 0 Å². The maximum Gasteiger partial charge on any atom is 0.417 e. The average molecular weight is 263 g/mol. The van der Waals surface area contributed by atoms with Crippen molar-refractivity contribution in [3.63, 3.8) is 0 Å². The molecule has 0 saturated heterocycles. The fourth-order valence-corrected chi connectivity index (χ4v) is 1.32. The Hall–Kier alpha value is -1.27. The number of hydrogen-bond donors (Lipinski definition) is 2. The number of benzene rings is 1. The molecule has 0 heterocycles. The normalized spacial score (nSPS) is 15.2. The van der Waals surface area contributed by atoms with Crippen LogP contribution in [0.5, 0.6) is 5.75 Å². The number of rotatable bonds is 5. The molecule has 1 aromatic carbocycles. The molecule has 0 aromatic heterocycles. The van der Waals surface area contributed by atoms with Crippen molar-refractivity contribution in [1.82, 2.24) is 0 Å². The molecule has 0 radical (unpaired) electrons. The van der Waals surface area contributed by atoms with Crippen molar-refractivity contribution < 1.29 is 23.0 Å². The van der Waals surface area contributed by atoms with Crippen LogP contribution in [0.1, 0.15) is 24.9 Å². The third-order valence-electron chi connectivity index (χ3n) is 2.53. The minimum Gasteiger partial charge on any atom is -0.491 e. The highest BCUT2D eigenvalue weighted by atomic mass is 19.4. The largest absolute Gasteiger partial charge is 0.491 e. The van der Waals surface area contributed by atoms with Gasteiger partial charge in [-0.1, -0.05) is 19.1 Å². The zero-order valence-electron chi connectivity index (χ0n) is 9.95. The zero-order valence-corrected chi connectivity index (χ0v) is 9.95. The van der Waals surface area contributed by atoms with Crippen molar-refractivity contribution in [2.75, 3.05) is 6.61 Å². The van der Waals surface area contributed by atoms with Crippen LogP contribution in [-0.4, -0.2) is 24.0 Å². The van der Waals surface area contributed by atoms with Crippen LogP contribution in [0, 0.1) is 0 Å². The number of halogens is 3. The molecule has 0 aliphatic carbocycles. The standard InChI is InChI=1S/C12H16F3NO2/c1-2-10(16)8-3-5-9(6-4-8)18-7-11(17)12(13,14)15/h3-6,10-11,17H,2,7,16H2,1H3/t10-,11?/m0/s1. The maximum absolute atomic E-state index is 12.0. The van der Waals surface area contributed by atoms with Gasteiger partial charge >= 0.3 is 6.18 Å². The second kappa shape index (κ2) is 6.06. The number of hydrogen-bond acceptors (Lipinski definition) is 3. The number of nitrogens with two attached hydrogens (primary N) is 1. The molecule has 0 bridgehead atoms. The third kappa shape index (κ3) is 4.19. The lowest BCUT2D eigenvalue weighted by Crippen LogP contribution is -2.34. The van der Waals surface area contributed by atoms with E-state index in [1.165, 1.54) is 12.1 Å². The van der Waals surface area contributed by atoms with Gasteiger partial charge in [-0.05, 0) is 24.1 Å². The van der Waals surface area contributed by atoms with Crippen LogP contribution in [0.2, 0.25) is 0 Å². The van der Waals surface area contributed by atoms with Crippen molar-refractivity contribution in [2.24, 2.45) is 5.73 Å². The molecule has 0 spiro atoms. The topological polar surface area (TPSA) is 55.5 Å². The Morgan fingerprint density at radius 3 is 2.28 bits per heavy atom. The molecular formula is C12H16F3NO2. The summed E-state index contributed by atoms with van der Waals surface area (Å²) in [6.45, 7) is 1.12. The van der Waals surface area contributed by atoms with Gasteiger partial charge in [0.05, 0.1) is 0 Å². The highest BCUT2D eigenvalue weighted by molar-refractivity contribution is 5.29. The van der Waals surface area contributed by atoms with Crippen molar-refractivity contribution in [2.45, 2.75) is 31.7 Å². The Balaban J connectivity index is 2.54. The first-order chi connectivity index (χ1) is 8.34. The predicted octanol–water partition coefficient (Wildman–Crippen LogP) is 2.40. The molecule has 1 aromatic rings. The second-order valence-corrected chi connectivity index (χ2v) is 3.95. The van der Waals surface area contributed by atoms with E-state index in [1.54, 1.807) is 12.1 Å². The van der Waals surface area contributed by atoms with E-state index in [9.17, 15) is 13.2 Å². The van der Waals surface area contributed by atoms with Crippen LogP contribution in [0.25, 0.3) is 0 Å². The van der Waals surface area contributed by atoms with Crippen molar-refractivity contribution >= 4 is 0 Å².